The Hall–Kier alpha value is -2.41. The molecule has 0 radical (unpaired) electrons. The molecule has 1 saturated carbocycles. The van der Waals surface area contributed by atoms with E-state index in [0.29, 0.717) is 37.8 Å². The third-order valence-corrected chi connectivity index (χ3v) is 6.01. The molecule has 7 heteroatoms. The number of piperazine rings is 1. The van der Waals surface area contributed by atoms with Gasteiger partial charge in [0.1, 0.15) is 6.04 Å². The second-order valence-corrected chi connectivity index (χ2v) is 8.88. The minimum absolute atomic E-state index is 0.0202. The van der Waals surface area contributed by atoms with Crippen LogP contribution in [-0.4, -0.2) is 71.8 Å². The van der Waals surface area contributed by atoms with Crippen LogP contribution in [0.4, 0.5) is 0 Å². The fourth-order valence-electron chi connectivity index (χ4n) is 3.68. The van der Waals surface area contributed by atoms with Crippen molar-refractivity contribution in [3.8, 4) is 0 Å². The summed E-state index contributed by atoms with van der Waals surface area (Å²) in [5.41, 5.74) is 1.64. The summed E-state index contributed by atoms with van der Waals surface area (Å²) in [6.07, 6.45) is 2.15. The van der Waals surface area contributed by atoms with Crippen molar-refractivity contribution in [2.45, 2.75) is 58.7 Å². The van der Waals surface area contributed by atoms with Gasteiger partial charge in [-0.25, -0.2) is 0 Å². The highest BCUT2D eigenvalue weighted by atomic mass is 16.2. The van der Waals surface area contributed by atoms with Crippen molar-refractivity contribution in [2.75, 3.05) is 26.2 Å². The number of nitrogens with zero attached hydrogens (tertiary/aromatic N) is 2. The van der Waals surface area contributed by atoms with Crippen molar-refractivity contribution in [2.24, 2.45) is 5.92 Å². The Morgan fingerprint density at radius 1 is 0.967 bits per heavy atom. The van der Waals surface area contributed by atoms with Gasteiger partial charge in [0.25, 0.3) is 5.91 Å². The molecule has 3 amide bonds. The summed E-state index contributed by atoms with van der Waals surface area (Å²) in [7, 11) is 0. The van der Waals surface area contributed by atoms with Crippen molar-refractivity contribution in [3.05, 3.63) is 35.4 Å². The molecule has 2 unspecified atom stereocenters. The van der Waals surface area contributed by atoms with Crippen LogP contribution in [-0.2, 0) is 9.59 Å². The second-order valence-electron chi connectivity index (χ2n) is 8.88. The van der Waals surface area contributed by atoms with Crippen LogP contribution in [0.5, 0.6) is 0 Å². The number of benzene rings is 1. The molecule has 1 aliphatic carbocycles. The summed E-state index contributed by atoms with van der Waals surface area (Å²) in [6.45, 7) is 10.2. The summed E-state index contributed by atoms with van der Waals surface area (Å²) in [6, 6.07) is 6.93. The van der Waals surface area contributed by atoms with E-state index in [0.717, 1.165) is 18.4 Å². The maximum atomic E-state index is 13.1. The largest absolute Gasteiger partial charge is 0.352 e. The molecular formula is C23H34N4O3. The van der Waals surface area contributed by atoms with E-state index in [9.17, 15) is 14.4 Å². The molecule has 1 aromatic carbocycles. The number of amides is 3. The summed E-state index contributed by atoms with van der Waals surface area (Å²) >= 11 is 0. The van der Waals surface area contributed by atoms with Crippen LogP contribution in [0, 0.1) is 12.8 Å². The molecule has 2 fully saturated rings. The van der Waals surface area contributed by atoms with E-state index in [2.05, 4.69) is 15.5 Å². The van der Waals surface area contributed by atoms with Crippen LogP contribution >= 0.6 is 0 Å². The molecule has 2 atom stereocenters. The van der Waals surface area contributed by atoms with Gasteiger partial charge in [0, 0.05) is 37.8 Å². The number of rotatable bonds is 7. The van der Waals surface area contributed by atoms with Crippen LogP contribution in [0.1, 0.15) is 49.5 Å². The minimum atomic E-state index is -0.569. The zero-order valence-electron chi connectivity index (χ0n) is 18.5. The highest BCUT2D eigenvalue weighted by molar-refractivity contribution is 5.97. The van der Waals surface area contributed by atoms with Crippen LogP contribution in [0.15, 0.2) is 24.3 Å². The van der Waals surface area contributed by atoms with E-state index in [1.54, 1.807) is 12.1 Å². The average molecular weight is 415 g/mol. The highest BCUT2D eigenvalue weighted by Gasteiger charge is 2.34. The lowest BCUT2D eigenvalue weighted by Crippen LogP contribution is -2.59. The molecule has 1 aromatic rings. The second kappa shape index (κ2) is 9.60. The van der Waals surface area contributed by atoms with E-state index >= 15 is 0 Å². The first-order valence-corrected chi connectivity index (χ1v) is 11.0. The molecule has 2 N–H and O–H groups in total. The summed E-state index contributed by atoms with van der Waals surface area (Å²) in [4.78, 5) is 42.0. The van der Waals surface area contributed by atoms with Gasteiger partial charge < -0.3 is 15.5 Å². The Labute approximate surface area is 179 Å². The number of hydrogen-bond acceptors (Lipinski definition) is 4. The summed E-state index contributed by atoms with van der Waals surface area (Å²) < 4.78 is 0. The van der Waals surface area contributed by atoms with E-state index in [4.69, 9.17) is 0 Å². The van der Waals surface area contributed by atoms with E-state index < -0.39 is 6.04 Å². The van der Waals surface area contributed by atoms with Gasteiger partial charge in [-0.3, -0.25) is 19.3 Å². The number of carbonyl (C=O) groups excluding carboxylic acids is 3. The molecule has 2 aliphatic rings. The smallest absolute Gasteiger partial charge is 0.251 e. The molecule has 0 aromatic heterocycles. The van der Waals surface area contributed by atoms with Gasteiger partial charge in [-0.15, -0.1) is 0 Å². The van der Waals surface area contributed by atoms with Crippen LogP contribution < -0.4 is 10.6 Å². The Morgan fingerprint density at radius 2 is 1.57 bits per heavy atom. The molecule has 3 rings (SSSR count). The van der Waals surface area contributed by atoms with E-state index in [1.807, 2.05) is 44.7 Å². The first kappa shape index (κ1) is 22.3. The quantitative estimate of drug-likeness (QED) is 0.710. The molecular weight excluding hydrogens is 380 g/mol. The zero-order valence-corrected chi connectivity index (χ0v) is 18.5. The fourth-order valence-corrected chi connectivity index (χ4v) is 3.68. The Bertz CT molecular complexity index is 765. The van der Waals surface area contributed by atoms with Crippen molar-refractivity contribution in [1.82, 2.24) is 20.4 Å². The van der Waals surface area contributed by atoms with Crippen molar-refractivity contribution < 1.29 is 14.4 Å². The predicted molar refractivity (Wildman–Crippen MR) is 116 cm³/mol. The Balaban J connectivity index is 1.55. The lowest BCUT2D eigenvalue weighted by Gasteiger charge is -2.39. The van der Waals surface area contributed by atoms with Crippen LogP contribution in [0.2, 0.25) is 0 Å². The molecule has 30 heavy (non-hydrogen) atoms. The average Bonchev–Trinajstić information content (AvgIpc) is 3.55. The van der Waals surface area contributed by atoms with Crippen molar-refractivity contribution in [1.29, 1.82) is 0 Å². The lowest BCUT2D eigenvalue weighted by molar-refractivity contribution is -0.137. The van der Waals surface area contributed by atoms with Crippen LogP contribution in [0.25, 0.3) is 0 Å². The normalized spacial score (nSPS) is 19.3. The number of nitrogens with one attached hydrogen (secondary N) is 2. The van der Waals surface area contributed by atoms with Gasteiger partial charge in [-0.1, -0.05) is 31.5 Å². The molecule has 0 spiro atoms. The maximum absolute atomic E-state index is 13.1. The van der Waals surface area contributed by atoms with E-state index in [1.165, 1.54) is 0 Å². The minimum Gasteiger partial charge on any atom is -0.352 e. The predicted octanol–water partition coefficient (Wildman–Crippen LogP) is 1.56. The number of aryl methyl sites for hydroxylation is 1. The third kappa shape index (κ3) is 5.59. The SMILES string of the molecule is Cc1ccc(C(=O)NC(C(=O)N2CCN(C(C)C(=O)NC3CC3)CC2)C(C)C)cc1. The summed E-state index contributed by atoms with van der Waals surface area (Å²) in [5.74, 6) is -0.234. The topological polar surface area (TPSA) is 81.8 Å². The van der Waals surface area contributed by atoms with Crippen LogP contribution in [0.3, 0.4) is 0 Å². The first-order chi connectivity index (χ1) is 14.3. The highest BCUT2D eigenvalue weighted by Crippen LogP contribution is 2.19. The summed E-state index contributed by atoms with van der Waals surface area (Å²) in [5, 5.41) is 5.97. The number of hydrogen-bond donors (Lipinski definition) is 2. The van der Waals surface area contributed by atoms with Crippen molar-refractivity contribution in [3.63, 3.8) is 0 Å². The molecule has 164 valence electrons. The number of carbonyl (C=O) groups is 3. The molecule has 0 bridgehead atoms. The fraction of sp³-hybridized carbons (Fsp3) is 0.609. The molecule has 7 nitrogen and oxygen atoms in total. The van der Waals surface area contributed by atoms with Gasteiger partial charge in [0.2, 0.25) is 11.8 Å². The van der Waals surface area contributed by atoms with Gasteiger partial charge in [0.05, 0.1) is 6.04 Å². The molecule has 1 saturated heterocycles. The third-order valence-electron chi connectivity index (χ3n) is 6.01. The van der Waals surface area contributed by atoms with Gasteiger partial charge >= 0.3 is 0 Å². The van der Waals surface area contributed by atoms with Gasteiger partial charge in [-0.2, -0.15) is 0 Å². The maximum Gasteiger partial charge on any atom is 0.251 e. The van der Waals surface area contributed by atoms with Gasteiger partial charge in [-0.05, 0) is 44.7 Å². The van der Waals surface area contributed by atoms with E-state index in [-0.39, 0.29) is 29.7 Å². The van der Waals surface area contributed by atoms with Crippen molar-refractivity contribution >= 4 is 17.7 Å². The molecule has 1 heterocycles. The first-order valence-electron chi connectivity index (χ1n) is 11.0. The Morgan fingerprint density at radius 3 is 2.10 bits per heavy atom. The standard InChI is InChI=1S/C23H34N4O3/c1-15(2)20(25-22(29)18-7-5-16(3)6-8-18)23(30)27-13-11-26(12-14-27)17(4)21(28)24-19-9-10-19/h5-8,15,17,19-20H,9-14H2,1-4H3,(H,24,28)(H,25,29). The van der Waals surface area contributed by atoms with Gasteiger partial charge in [0.15, 0.2) is 0 Å². The molecule has 1 aliphatic heterocycles. The zero-order chi connectivity index (χ0) is 21.8. The Kier molecular flexibility index (Phi) is 7.13. The monoisotopic (exact) mass is 414 g/mol. The lowest BCUT2D eigenvalue weighted by atomic mass is 10.0.